The number of rotatable bonds is 6. The topological polar surface area (TPSA) is 73.4 Å². The first-order valence-corrected chi connectivity index (χ1v) is 7.71. The third-order valence-electron chi connectivity index (χ3n) is 4.06. The Morgan fingerprint density at radius 1 is 1.31 bits per heavy atom. The van der Waals surface area contributed by atoms with Crippen molar-refractivity contribution in [3.8, 4) is 5.75 Å². The van der Waals surface area contributed by atoms with Gasteiger partial charge in [-0.15, -0.1) is 0 Å². The van der Waals surface area contributed by atoms with Crippen LogP contribution in [0, 0.1) is 10.1 Å². The van der Waals surface area contributed by atoms with Crippen molar-refractivity contribution in [1.29, 1.82) is 0 Å². The summed E-state index contributed by atoms with van der Waals surface area (Å²) in [6, 6.07) is 11.5. The number of alkyl halides is 2. The van der Waals surface area contributed by atoms with Crippen LogP contribution < -0.4 is 9.64 Å². The molecule has 0 radical (unpaired) electrons. The molecule has 0 aliphatic heterocycles. The molecule has 3 rings (SSSR count). The fourth-order valence-corrected chi connectivity index (χ4v) is 2.72. The summed E-state index contributed by atoms with van der Waals surface area (Å²) in [6.07, 6.45) is 0. The molecule has 7 nitrogen and oxygen atoms in total. The minimum atomic E-state index is -3.14. The number of imidazole rings is 1. The monoisotopic (exact) mass is 362 g/mol. The van der Waals surface area contributed by atoms with Crippen LogP contribution in [-0.2, 0) is 13.6 Å². The zero-order chi connectivity index (χ0) is 18.8. The number of nitro groups is 1. The standard InChI is InChI=1S/C17H16F2N4O3/c1-21(10-16-20-12-5-3-4-6-13(12)22(16)2)11-7-8-14(23(24)25)15(9-11)26-17(18)19/h3-9,17H,10H2,1-2H3. The van der Waals surface area contributed by atoms with Crippen molar-refractivity contribution in [1.82, 2.24) is 9.55 Å². The second-order valence-corrected chi connectivity index (χ2v) is 5.72. The number of anilines is 1. The van der Waals surface area contributed by atoms with Crippen LogP contribution in [0.5, 0.6) is 5.75 Å². The van der Waals surface area contributed by atoms with Crippen LogP contribution in [0.25, 0.3) is 11.0 Å². The van der Waals surface area contributed by atoms with Crippen molar-refractivity contribution >= 4 is 22.4 Å². The maximum atomic E-state index is 12.5. The number of benzene rings is 2. The lowest BCUT2D eigenvalue weighted by Crippen LogP contribution is -2.19. The third-order valence-corrected chi connectivity index (χ3v) is 4.06. The quantitative estimate of drug-likeness (QED) is 0.494. The average molecular weight is 362 g/mol. The number of nitro benzene ring substituents is 1. The van der Waals surface area contributed by atoms with Gasteiger partial charge in [0.25, 0.3) is 0 Å². The van der Waals surface area contributed by atoms with E-state index in [0.29, 0.717) is 12.2 Å². The molecular formula is C17H16F2N4O3. The van der Waals surface area contributed by atoms with E-state index in [-0.39, 0.29) is 0 Å². The minimum absolute atomic E-state index is 0.386. The van der Waals surface area contributed by atoms with Crippen LogP contribution in [-0.4, -0.2) is 28.1 Å². The van der Waals surface area contributed by atoms with Gasteiger partial charge in [-0.05, 0) is 18.2 Å². The average Bonchev–Trinajstić information content (AvgIpc) is 2.90. The zero-order valence-electron chi connectivity index (χ0n) is 14.1. The largest absolute Gasteiger partial charge is 0.427 e. The normalized spacial score (nSPS) is 11.1. The fraction of sp³-hybridized carbons (Fsp3) is 0.235. The van der Waals surface area contributed by atoms with Gasteiger partial charge in [0.2, 0.25) is 5.75 Å². The van der Waals surface area contributed by atoms with Crippen molar-refractivity contribution in [3.05, 3.63) is 58.4 Å². The van der Waals surface area contributed by atoms with Gasteiger partial charge < -0.3 is 14.2 Å². The van der Waals surface area contributed by atoms with Gasteiger partial charge in [0, 0.05) is 31.9 Å². The van der Waals surface area contributed by atoms with Crippen LogP contribution in [0.1, 0.15) is 5.82 Å². The summed E-state index contributed by atoms with van der Waals surface area (Å²) >= 11 is 0. The van der Waals surface area contributed by atoms with E-state index in [1.165, 1.54) is 12.1 Å². The SMILES string of the molecule is CN(Cc1nc2ccccc2n1C)c1ccc([N+](=O)[O-])c(OC(F)F)c1. The Morgan fingerprint density at radius 2 is 2.04 bits per heavy atom. The second-order valence-electron chi connectivity index (χ2n) is 5.72. The molecule has 136 valence electrons. The Morgan fingerprint density at radius 3 is 2.69 bits per heavy atom. The van der Waals surface area contributed by atoms with Gasteiger partial charge in [-0.2, -0.15) is 8.78 Å². The van der Waals surface area contributed by atoms with Crippen LogP contribution in [0.4, 0.5) is 20.2 Å². The molecule has 9 heteroatoms. The molecule has 1 heterocycles. The number of nitrogens with zero attached hydrogens (tertiary/aromatic N) is 4. The zero-order valence-corrected chi connectivity index (χ0v) is 14.1. The predicted octanol–water partition coefficient (Wildman–Crippen LogP) is 3.72. The maximum absolute atomic E-state index is 12.5. The number of halogens is 2. The molecule has 1 aromatic heterocycles. The molecule has 0 amide bonds. The number of aryl methyl sites for hydroxylation is 1. The number of hydrogen-bond acceptors (Lipinski definition) is 5. The van der Waals surface area contributed by atoms with E-state index in [0.717, 1.165) is 22.9 Å². The van der Waals surface area contributed by atoms with E-state index in [1.54, 1.807) is 11.9 Å². The van der Waals surface area contributed by atoms with Crippen molar-refractivity contribution in [2.75, 3.05) is 11.9 Å². The van der Waals surface area contributed by atoms with E-state index < -0.39 is 23.0 Å². The van der Waals surface area contributed by atoms with Gasteiger partial charge in [0.15, 0.2) is 0 Å². The van der Waals surface area contributed by atoms with Gasteiger partial charge >= 0.3 is 12.3 Å². The molecule has 0 aliphatic carbocycles. The van der Waals surface area contributed by atoms with Crippen LogP contribution >= 0.6 is 0 Å². The van der Waals surface area contributed by atoms with Crippen molar-refractivity contribution < 1.29 is 18.4 Å². The van der Waals surface area contributed by atoms with Crippen LogP contribution in [0.15, 0.2) is 42.5 Å². The van der Waals surface area contributed by atoms with Gasteiger partial charge in [-0.25, -0.2) is 4.98 Å². The first-order valence-electron chi connectivity index (χ1n) is 7.71. The molecule has 0 unspecified atom stereocenters. The van der Waals surface area contributed by atoms with Crippen molar-refractivity contribution in [2.24, 2.45) is 7.05 Å². The highest BCUT2D eigenvalue weighted by Gasteiger charge is 2.20. The highest BCUT2D eigenvalue weighted by molar-refractivity contribution is 5.75. The van der Waals surface area contributed by atoms with Crippen LogP contribution in [0.3, 0.4) is 0 Å². The molecule has 0 atom stereocenters. The molecule has 3 aromatic rings. The van der Waals surface area contributed by atoms with Gasteiger partial charge in [-0.3, -0.25) is 10.1 Å². The summed E-state index contributed by atoms with van der Waals surface area (Å²) in [5, 5.41) is 11.0. The van der Waals surface area contributed by atoms with E-state index in [1.807, 2.05) is 35.9 Å². The summed E-state index contributed by atoms with van der Waals surface area (Å²) < 4.78 is 31.3. The Balaban J connectivity index is 1.90. The Labute approximate surface area is 147 Å². The number of aromatic nitrogens is 2. The Kier molecular flexibility index (Phi) is 4.70. The van der Waals surface area contributed by atoms with E-state index in [4.69, 9.17) is 0 Å². The smallest absolute Gasteiger partial charge is 0.387 e. The number of hydrogen-bond donors (Lipinski definition) is 0. The van der Waals surface area contributed by atoms with E-state index >= 15 is 0 Å². The lowest BCUT2D eigenvalue weighted by Gasteiger charge is -2.19. The Bertz CT molecular complexity index is 958. The van der Waals surface area contributed by atoms with E-state index in [9.17, 15) is 18.9 Å². The molecule has 0 N–H and O–H groups in total. The first-order chi connectivity index (χ1) is 12.4. The number of fused-ring (bicyclic) bond motifs is 1. The van der Waals surface area contributed by atoms with Gasteiger partial charge in [-0.1, -0.05) is 12.1 Å². The summed E-state index contributed by atoms with van der Waals surface area (Å²) in [6.45, 7) is -2.76. The molecule has 0 saturated heterocycles. The van der Waals surface area contributed by atoms with Crippen LogP contribution in [0.2, 0.25) is 0 Å². The van der Waals surface area contributed by atoms with Gasteiger partial charge in [0.1, 0.15) is 5.82 Å². The predicted molar refractivity (Wildman–Crippen MR) is 92.5 cm³/mol. The fourth-order valence-electron chi connectivity index (χ4n) is 2.72. The summed E-state index contributed by atoms with van der Waals surface area (Å²) in [4.78, 5) is 16.5. The van der Waals surface area contributed by atoms with Gasteiger partial charge in [0.05, 0.1) is 22.5 Å². The summed E-state index contributed by atoms with van der Waals surface area (Å²) in [7, 11) is 3.63. The molecular weight excluding hydrogens is 346 g/mol. The van der Waals surface area contributed by atoms with Crippen molar-refractivity contribution in [3.63, 3.8) is 0 Å². The lowest BCUT2D eigenvalue weighted by molar-refractivity contribution is -0.386. The Hall–Kier alpha value is -3.23. The molecule has 0 spiro atoms. The molecule has 2 aromatic carbocycles. The highest BCUT2D eigenvalue weighted by atomic mass is 19.3. The molecule has 0 saturated carbocycles. The van der Waals surface area contributed by atoms with E-state index in [2.05, 4.69) is 9.72 Å². The number of ether oxygens (including phenoxy) is 1. The minimum Gasteiger partial charge on any atom is -0.427 e. The molecule has 0 bridgehead atoms. The number of para-hydroxylation sites is 2. The lowest BCUT2D eigenvalue weighted by atomic mass is 10.2. The maximum Gasteiger partial charge on any atom is 0.387 e. The highest BCUT2D eigenvalue weighted by Crippen LogP contribution is 2.33. The third kappa shape index (κ3) is 3.41. The first kappa shape index (κ1) is 17.6. The van der Waals surface area contributed by atoms with Crippen molar-refractivity contribution in [2.45, 2.75) is 13.2 Å². The summed E-state index contributed by atoms with van der Waals surface area (Å²) in [5.41, 5.74) is 1.81. The summed E-state index contributed by atoms with van der Waals surface area (Å²) in [5.74, 6) is 0.294. The molecule has 26 heavy (non-hydrogen) atoms. The molecule has 0 fully saturated rings. The molecule has 0 aliphatic rings. The second kappa shape index (κ2) is 6.95.